The molecule has 0 radical (unpaired) electrons. The average molecular weight is 426 g/mol. The molecule has 2 aliphatic rings. The summed E-state index contributed by atoms with van der Waals surface area (Å²) in [6.45, 7) is 4.64. The Bertz CT molecular complexity index is 866. The van der Waals surface area contributed by atoms with Gasteiger partial charge in [-0.3, -0.25) is 0 Å². The summed E-state index contributed by atoms with van der Waals surface area (Å²) in [5.74, 6) is 2.38. The number of carbonyl (C=O) groups excluding carboxylic acids is 1. The van der Waals surface area contributed by atoms with Crippen molar-refractivity contribution >= 4 is 6.03 Å². The van der Waals surface area contributed by atoms with Crippen molar-refractivity contribution in [2.24, 2.45) is 0 Å². The number of hydrogen-bond donors (Lipinski definition) is 2. The van der Waals surface area contributed by atoms with E-state index >= 15 is 0 Å². The Kier molecular flexibility index (Phi) is 7.14. The van der Waals surface area contributed by atoms with Crippen LogP contribution in [0.1, 0.15) is 24.0 Å². The second-order valence-electron chi connectivity index (χ2n) is 8.06. The van der Waals surface area contributed by atoms with Crippen molar-refractivity contribution in [1.82, 2.24) is 15.5 Å². The minimum Gasteiger partial charge on any atom is -0.497 e. The van der Waals surface area contributed by atoms with Gasteiger partial charge in [0.1, 0.15) is 19.0 Å². The maximum Gasteiger partial charge on any atom is 0.315 e. The highest BCUT2D eigenvalue weighted by atomic mass is 16.6. The molecule has 7 heteroatoms. The summed E-state index contributed by atoms with van der Waals surface area (Å²) in [4.78, 5) is 15.1. The van der Waals surface area contributed by atoms with Crippen molar-refractivity contribution in [3.8, 4) is 17.2 Å². The van der Waals surface area contributed by atoms with Gasteiger partial charge in [0.15, 0.2) is 11.5 Å². The van der Waals surface area contributed by atoms with Gasteiger partial charge in [0, 0.05) is 19.1 Å². The first-order chi connectivity index (χ1) is 15.2. The van der Waals surface area contributed by atoms with Crippen LogP contribution in [0.3, 0.4) is 0 Å². The van der Waals surface area contributed by atoms with Crippen LogP contribution in [0.2, 0.25) is 0 Å². The first kappa shape index (κ1) is 21.3. The number of nitrogens with one attached hydrogen (secondary N) is 2. The molecule has 2 aromatic rings. The number of fused-ring (bicyclic) bond motifs is 1. The van der Waals surface area contributed by atoms with Gasteiger partial charge in [0.2, 0.25) is 0 Å². The van der Waals surface area contributed by atoms with Crippen LogP contribution in [0.5, 0.6) is 17.2 Å². The molecule has 0 aromatic heterocycles. The van der Waals surface area contributed by atoms with E-state index in [4.69, 9.17) is 14.2 Å². The van der Waals surface area contributed by atoms with Crippen LogP contribution < -0.4 is 24.8 Å². The molecule has 2 N–H and O–H groups in total. The maximum atomic E-state index is 12.6. The number of carbonyl (C=O) groups is 1. The Morgan fingerprint density at radius 2 is 1.74 bits per heavy atom. The molecule has 0 aliphatic carbocycles. The van der Waals surface area contributed by atoms with E-state index in [2.05, 4.69) is 21.6 Å². The SMILES string of the molecule is COc1ccc(CNC(=O)NC(Cc2ccc3c(c2)OCCO3)CN2CCCC2)cc1. The zero-order valence-corrected chi connectivity index (χ0v) is 18.1. The van der Waals surface area contributed by atoms with Crippen LogP contribution in [-0.4, -0.2) is 56.9 Å². The molecular formula is C24H31N3O4. The molecule has 31 heavy (non-hydrogen) atoms. The van der Waals surface area contributed by atoms with Gasteiger partial charge in [-0.25, -0.2) is 4.79 Å². The fourth-order valence-corrected chi connectivity index (χ4v) is 4.10. The molecule has 1 saturated heterocycles. The van der Waals surface area contributed by atoms with Crippen LogP contribution >= 0.6 is 0 Å². The Morgan fingerprint density at radius 3 is 2.48 bits per heavy atom. The van der Waals surface area contributed by atoms with Crippen molar-refractivity contribution in [3.63, 3.8) is 0 Å². The van der Waals surface area contributed by atoms with Crippen LogP contribution in [0.25, 0.3) is 0 Å². The lowest BCUT2D eigenvalue weighted by Gasteiger charge is -2.25. The van der Waals surface area contributed by atoms with Crippen LogP contribution in [0.4, 0.5) is 4.79 Å². The predicted molar refractivity (Wildman–Crippen MR) is 119 cm³/mol. The molecule has 2 amide bonds. The largest absolute Gasteiger partial charge is 0.497 e. The number of ether oxygens (including phenoxy) is 3. The van der Waals surface area contributed by atoms with E-state index < -0.39 is 0 Å². The monoisotopic (exact) mass is 425 g/mol. The van der Waals surface area contributed by atoms with E-state index in [0.29, 0.717) is 19.8 Å². The number of nitrogens with zero attached hydrogens (tertiary/aromatic N) is 1. The smallest absolute Gasteiger partial charge is 0.315 e. The lowest BCUT2D eigenvalue weighted by molar-refractivity contribution is 0.171. The minimum atomic E-state index is -0.155. The Morgan fingerprint density at radius 1 is 1.03 bits per heavy atom. The second kappa shape index (κ2) is 10.4. The van der Waals surface area contributed by atoms with Gasteiger partial charge in [-0.15, -0.1) is 0 Å². The lowest BCUT2D eigenvalue weighted by atomic mass is 10.0. The van der Waals surface area contributed by atoms with Gasteiger partial charge in [-0.1, -0.05) is 18.2 Å². The van der Waals surface area contributed by atoms with Crippen LogP contribution in [0, 0.1) is 0 Å². The fraction of sp³-hybridized carbons (Fsp3) is 0.458. The number of rotatable bonds is 8. The minimum absolute atomic E-state index is 0.0107. The third-order valence-corrected chi connectivity index (χ3v) is 5.71. The molecule has 2 heterocycles. The molecule has 2 aliphatic heterocycles. The zero-order valence-electron chi connectivity index (χ0n) is 18.1. The summed E-state index contributed by atoms with van der Waals surface area (Å²) in [7, 11) is 1.64. The summed E-state index contributed by atoms with van der Waals surface area (Å²) in [6, 6.07) is 13.6. The summed E-state index contributed by atoms with van der Waals surface area (Å²) >= 11 is 0. The molecule has 1 fully saturated rings. The molecule has 0 spiro atoms. The highest BCUT2D eigenvalue weighted by Crippen LogP contribution is 2.31. The maximum absolute atomic E-state index is 12.6. The number of benzene rings is 2. The molecule has 1 unspecified atom stereocenters. The molecule has 166 valence electrons. The zero-order chi connectivity index (χ0) is 21.5. The van der Waals surface area contributed by atoms with Crippen molar-refractivity contribution < 1.29 is 19.0 Å². The summed E-state index contributed by atoms with van der Waals surface area (Å²) < 4.78 is 16.5. The van der Waals surface area contributed by atoms with Crippen molar-refractivity contribution in [2.75, 3.05) is 40.0 Å². The van der Waals surface area contributed by atoms with E-state index in [-0.39, 0.29) is 12.1 Å². The van der Waals surface area contributed by atoms with Crippen molar-refractivity contribution in [3.05, 3.63) is 53.6 Å². The first-order valence-corrected chi connectivity index (χ1v) is 11.0. The summed E-state index contributed by atoms with van der Waals surface area (Å²) in [5, 5.41) is 6.15. The van der Waals surface area contributed by atoms with Gasteiger partial charge in [-0.2, -0.15) is 0 Å². The van der Waals surface area contributed by atoms with Crippen LogP contribution in [0.15, 0.2) is 42.5 Å². The number of likely N-dealkylation sites (tertiary alicyclic amines) is 1. The summed E-state index contributed by atoms with van der Waals surface area (Å²) in [6.07, 6.45) is 3.18. The van der Waals surface area contributed by atoms with E-state index in [1.807, 2.05) is 36.4 Å². The number of methoxy groups -OCH3 is 1. The van der Waals surface area contributed by atoms with E-state index in [9.17, 15) is 4.79 Å². The van der Waals surface area contributed by atoms with E-state index in [0.717, 1.165) is 54.4 Å². The third-order valence-electron chi connectivity index (χ3n) is 5.71. The third kappa shape index (κ3) is 6.04. The average Bonchev–Trinajstić information content (AvgIpc) is 3.31. The fourth-order valence-electron chi connectivity index (χ4n) is 4.10. The number of amides is 2. The van der Waals surface area contributed by atoms with Crippen molar-refractivity contribution in [2.45, 2.75) is 31.8 Å². The molecule has 0 bridgehead atoms. The molecule has 1 atom stereocenters. The van der Waals surface area contributed by atoms with Gasteiger partial charge < -0.3 is 29.7 Å². The quantitative estimate of drug-likeness (QED) is 0.680. The molecule has 2 aromatic carbocycles. The standard InChI is InChI=1S/C24H31N3O4/c1-29-21-7-4-18(5-8-21)16-25-24(28)26-20(17-27-10-2-3-11-27)14-19-6-9-22-23(15-19)31-13-12-30-22/h4-9,15,20H,2-3,10-14,16-17H2,1H3,(H2,25,26,28). The Labute approximate surface area is 183 Å². The molecule has 7 nitrogen and oxygen atoms in total. The van der Waals surface area contributed by atoms with Gasteiger partial charge in [0.05, 0.1) is 7.11 Å². The van der Waals surface area contributed by atoms with Gasteiger partial charge in [0.25, 0.3) is 0 Å². The molecule has 4 rings (SSSR count). The summed E-state index contributed by atoms with van der Waals surface area (Å²) in [5.41, 5.74) is 2.16. The van der Waals surface area contributed by atoms with E-state index in [1.54, 1.807) is 7.11 Å². The predicted octanol–water partition coefficient (Wildman–Crippen LogP) is 2.97. The van der Waals surface area contributed by atoms with Crippen LogP contribution in [-0.2, 0) is 13.0 Å². The number of hydrogen-bond acceptors (Lipinski definition) is 5. The topological polar surface area (TPSA) is 72.1 Å². The highest BCUT2D eigenvalue weighted by molar-refractivity contribution is 5.74. The van der Waals surface area contributed by atoms with Gasteiger partial charge >= 0.3 is 6.03 Å². The second-order valence-corrected chi connectivity index (χ2v) is 8.06. The molecule has 0 saturated carbocycles. The Hall–Kier alpha value is -2.93. The molecular weight excluding hydrogens is 394 g/mol. The Balaban J connectivity index is 1.36. The first-order valence-electron chi connectivity index (χ1n) is 11.0. The lowest BCUT2D eigenvalue weighted by Crippen LogP contribution is -2.48. The normalized spacial score (nSPS) is 16.5. The van der Waals surface area contributed by atoms with E-state index in [1.165, 1.54) is 12.8 Å². The highest BCUT2D eigenvalue weighted by Gasteiger charge is 2.21. The number of urea groups is 1. The van der Waals surface area contributed by atoms with Gasteiger partial charge in [-0.05, 0) is 67.7 Å². The van der Waals surface area contributed by atoms with Crippen molar-refractivity contribution in [1.29, 1.82) is 0 Å².